The number of nitrogen functional groups attached to an aromatic ring is 1. The van der Waals surface area contributed by atoms with Gasteiger partial charge in [-0.15, -0.1) is 0 Å². The van der Waals surface area contributed by atoms with Crippen LogP contribution in [0.1, 0.15) is 17.7 Å². The van der Waals surface area contributed by atoms with Gasteiger partial charge in [0.05, 0.1) is 5.69 Å². The van der Waals surface area contributed by atoms with Crippen molar-refractivity contribution >= 4 is 22.8 Å². The average molecular weight is 186 g/mol. The molecule has 14 heavy (non-hydrogen) atoms. The van der Waals surface area contributed by atoms with Gasteiger partial charge < -0.3 is 5.73 Å². The van der Waals surface area contributed by atoms with Gasteiger partial charge in [-0.2, -0.15) is 5.10 Å². The lowest BCUT2D eigenvalue weighted by atomic mass is 10.00. The molecule has 0 unspecified atom stereocenters. The van der Waals surface area contributed by atoms with Gasteiger partial charge >= 0.3 is 0 Å². The summed E-state index contributed by atoms with van der Waals surface area (Å²) in [5.74, 6) is 0.523. The molecule has 1 aliphatic carbocycles. The highest BCUT2D eigenvalue weighted by atomic mass is 15.1. The molecule has 2 heterocycles. The second-order valence-electron chi connectivity index (χ2n) is 3.45. The summed E-state index contributed by atoms with van der Waals surface area (Å²) in [7, 11) is 0. The van der Waals surface area contributed by atoms with Gasteiger partial charge in [-0.25, -0.2) is 4.98 Å². The van der Waals surface area contributed by atoms with Crippen LogP contribution in [-0.4, -0.2) is 15.2 Å². The van der Waals surface area contributed by atoms with Crippen LogP contribution in [0.4, 0.5) is 5.82 Å². The van der Waals surface area contributed by atoms with E-state index in [1.807, 2.05) is 6.20 Å². The van der Waals surface area contributed by atoms with E-state index in [0.29, 0.717) is 5.82 Å². The molecule has 0 amide bonds. The predicted molar refractivity (Wildman–Crippen MR) is 55.7 cm³/mol. The Morgan fingerprint density at radius 1 is 1.43 bits per heavy atom. The van der Waals surface area contributed by atoms with E-state index in [1.54, 1.807) is 0 Å². The highest BCUT2D eigenvalue weighted by molar-refractivity contribution is 5.94. The fourth-order valence-electron chi connectivity index (χ4n) is 1.90. The number of H-pyrrole nitrogens is 1. The monoisotopic (exact) mass is 186 g/mol. The number of allylic oxidation sites excluding steroid dienone is 1. The molecule has 0 aliphatic heterocycles. The highest BCUT2D eigenvalue weighted by Crippen LogP contribution is 2.27. The minimum absolute atomic E-state index is 0.523. The topological polar surface area (TPSA) is 67.6 Å². The zero-order valence-electron chi connectivity index (χ0n) is 7.62. The third-order valence-electron chi connectivity index (χ3n) is 2.57. The van der Waals surface area contributed by atoms with Crippen molar-refractivity contribution < 1.29 is 0 Å². The first-order valence-electron chi connectivity index (χ1n) is 4.64. The molecule has 0 radical (unpaired) electrons. The molecule has 4 nitrogen and oxygen atoms in total. The summed E-state index contributed by atoms with van der Waals surface area (Å²) < 4.78 is 0. The second-order valence-corrected chi connectivity index (χ2v) is 3.45. The Balaban J connectivity index is 2.46. The first-order chi connectivity index (χ1) is 6.86. The number of rotatable bonds is 0. The molecule has 1 aliphatic rings. The number of aryl methyl sites for hydroxylation is 1. The minimum atomic E-state index is 0.523. The Morgan fingerprint density at radius 3 is 3.29 bits per heavy atom. The Kier molecular flexibility index (Phi) is 1.39. The first-order valence-corrected chi connectivity index (χ1v) is 4.64. The van der Waals surface area contributed by atoms with E-state index in [1.165, 1.54) is 0 Å². The Morgan fingerprint density at radius 2 is 2.36 bits per heavy atom. The Bertz CT molecular complexity index is 524. The number of aromatic amines is 1. The van der Waals surface area contributed by atoms with Gasteiger partial charge in [-0.1, -0.05) is 12.2 Å². The lowest BCUT2D eigenvalue weighted by Gasteiger charge is -2.10. The molecule has 0 bridgehead atoms. The zero-order valence-corrected chi connectivity index (χ0v) is 7.62. The maximum atomic E-state index is 5.81. The molecule has 4 heteroatoms. The highest BCUT2D eigenvalue weighted by Gasteiger charge is 2.13. The van der Waals surface area contributed by atoms with Crippen molar-refractivity contribution in [2.75, 3.05) is 5.73 Å². The molecule has 0 atom stereocenters. The third kappa shape index (κ3) is 0.878. The van der Waals surface area contributed by atoms with Crippen LogP contribution in [0.3, 0.4) is 0 Å². The van der Waals surface area contributed by atoms with Crippen molar-refractivity contribution in [3.8, 4) is 0 Å². The minimum Gasteiger partial charge on any atom is -0.382 e. The standard InChI is InChI=1S/C10H10N4/c11-10-9-7(5-12-14-9)6-3-1-2-4-8(6)13-10/h1,3,5H,2,4H2,(H2,11,13)(H,12,14). The molecule has 70 valence electrons. The predicted octanol–water partition coefficient (Wildman–Crippen LogP) is 1.50. The van der Waals surface area contributed by atoms with E-state index in [-0.39, 0.29) is 0 Å². The number of fused-ring (bicyclic) bond motifs is 3. The zero-order chi connectivity index (χ0) is 9.54. The number of hydrogen-bond donors (Lipinski definition) is 2. The van der Waals surface area contributed by atoms with Crippen LogP contribution in [0, 0.1) is 0 Å². The van der Waals surface area contributed by atoms with Crippen LogP contribution in [0.5, 0.6) is 0 Å². The van der Waals surface area contributed by atoms with Gasteiger partial charge in [0.2, 0.25) is 0 Å². The van der Waals surface area contributed by atoms with Crippen LogP contribution in [0.15, 0.2) is 12.3 Å². The van der Waals surface area contributed by atoms with Crippen molar-refractivity contribution in [1.82, 2.24) is 15.2 Å². The second kappa shape index (κ2) is 2.57. The SMILES string of the molecule is Nc1nc2c(c3c[nH]nc13)C=CCC2. The van der Waals surface area contributed by atoms with Crippen LogP contribution in [0.2, 0.25) is 0 Å². The molecule has 0 fully saturated rings. The smallest absolute Gasteiger partial charge is 0.152 e. The normalized spacial score (nSPS) is 14.6. The number of aromatic nitrogens is 3. The van der Waals surface area contributed by atoms with Crippen molar-refractivity contribution in [1.29, 1.82) is 0 Å². The molecule has 0 saturated heterocycles. The molecule has 2 aromatic heterocycles. The quantitative estimate of drug-likeness (QED) is 0.655. The van der Waals surface area contributed by atoms with E-state index in [9.17, 15) is 0 Å². The van der Waals surface area contributed by atoms with E-state index in [2.05, 4.69) is 27.3 Å². The van der Waals surface area contributed by atoms with E-state index >= 15 is 0 Å². The summed E-state index contributed by atoms with van der Waals surface area (Å²) in [5.41, 5.74) is 8.82. The maximum Gasteiger partial charge on any atom is 0.152 e. The first kappa shape index (κ1) is 7.55. The largest absolute Gasteiger partial charge is 0.382 e. The fraction of sp³-hybridized carbons (Fsp3) is 0.200. The van der Waals surface area contributed by atoms with Gasteiger partial charge in [0.15, 0.2) is 5.82 Å². The molecule has 0 spiro atoms. The van der Waals surface area contributed by atoms with Crippen molar-refractivity contribution in [3.63, 3.8) is 0 Å². The number of nitrogens with one attached hydrogen (secondary N) is 1. The number of pyridine rings is 1. The Hall–Kier alpha value is -1.84. The number of anilines is 1. The van der Waals surface area contributed by atoms with Gasteiger partial charge in [-0.05, 0) is 12.8 Å². The van der Waals surface area contributed by atoms with Crippen LogP contribution < -0.4 is 5.73 Å². The number of nitrogens with two attached hydrogens (primary N) is 1. The lowest BCUT2D eigenvalue weighted by Crippen LogP contribution is -2.02. The summed E-state index contributed by atoms with van der Waals surface area (Å²) in [6.07, 6.45) is 8.15. The number of nitrogens with zero attached hydrogens (tertiary/aromatic N) is 2. The summed E-state index contributed by atoms with van der Waals surface area (Å²) in [5, 5.41) is 7.98. The molecule has 2 aromatic rings. The summed E-state index contributed by atoms with van der Waals surface area (Å²) >= 11 is 0. The van der Waals surface area contributed by atoms with Crippen molar-refractivity contribution in [3.05, 3.63) is 23.5 Å². The molecule has 0 aromatic carbocycles. The van der Waals surface area contributed by atoms with Crippen LogP contribution in [0.25, 0.3) is 17.0 Å². The maximum absolute atomic E-state index is 5.81. The van der Waals surface area contributed by atoms with Gasteiger partial charge in [0.25, 0.3) is 0 Å². The number of hydrogen-bond acceptors (Lipinski definition) is 3. The van der Waals surface area contributed by atoms with Crippen LogP contribution in [-0.2, 0) is 6.42 Å². The van der Waals surface area contributed by atoms with Crippen molar-refractivity contribution in [2.45, 2.75) is 12.8 Å². The third-order valence-corrected chi connectivity index (χ3v) is 2.57. The summed E-state index contributed by atoms with van der Waals surface area (Å²) in [6.45, 7) is 0. The van der Waals surface area contributed by atoms with E-state index in [4.69, 9.17) is 5.73 Å². The molecule has 0 saturated carbocycles. The molecular formula is C10H10N4. The lowest BCUT2D eigenvalue weighted by molar-refractivity contribution is 0.936. The average Bonchev–Trinajstić information content (AvgIpc) is 2.67. The van der Waals surface area contributed by atoms with Crippen molar-refractivity contribution in [2.24, 2.45) is 0 Å². The fourth-order valence-corrected chi connectivity index (χ4v) is 1.90. The Labute approximate surface area is 80.8 Å². The van der Waals surface area contributed by atoms with Gasteiger partial charge in [0.1, 0.15) is 5.52 Å². The van der Waals surface area contributed by atoms with Crippen LogP contribution >= 0.6 is 0 Å². The molecular weight excluding hydrogens is 176 g/mol. The molecule has 3 rings (SSSR count). The summed E-state index contributed by atoms with van der Waals surface area (Å²) in [6, 6.07) is 0. The molecule has 3 N–H and O–H groups in total. The van der Waals surface area contributed by atoms with Gasteiger partial charge in [-0.3, -0.25) is 5.10 Å². The van der Waals surface area contributed by atoms with E-state index in [0.717, 1.165) is 35.0 Å². The van der Waals surface area contributed by atoms with Gasteiger partial charge in [0, 0.05) is 17.1 Å². The summed E-state index contributed by atoms with van der Waals surface area (Å²) in [4.78, 5) is 4.36. The van der Waals surface area contributed by atoms with E-state index < -0.39 is 0 Å².